The molecule has 104 valence electrons. The number of ether oxygens (including phenoxy) is 1. The molecular weight excluding hydrogens is 324 g/mol. The standard InChI is InChI=1S/C14H13BrN2O3/c1-8-6-14(11(15)7-12(8)17(18)19)20-13-4-3-10(16)5-9(13)2/h3-7H,16H2,1-2H3. The van der Waals surface area contributed by atoms with Crippen molar-refractivity contribution in [1.82, 2.24) is 0 Å². The van der Waals surface area contributed by atoms with Crippen molar-refractivity contribution in [3.8, 4) is 11.5 Å². The van der Waals surface area contributed by atoms with E-state index in [0.717, 1.165) is 5.56 Å². The molecular formula is C14H13BrN2O3. The van der Waals surface area contributed by atoms with Gasteiger partial charge in [-0.3, -0.25) is 10.1 Å². The normalized spacial score (nSPS) is 10.3. The first kappa shape index (κ1) is 14.3. The minimum atomic E-state index is -0.418. The molecule has 2 N–H and O–H groups in total. The molecule has 6 heteroatoms. The second kappa shape index (κ2) is 5.50. The maximum atomic E-state index is 10.9. The number of hydrogen-bond donors (Lipinski definition) is 1. The van der Waals surface area contributed by atoms with E-state index in [2.05, 4.69) is 15.9 Å². The van der Waals surface area contributed by atoms with Gasteiger partial charge in [0.2, 0.25) is 0 Å². The van der Waals surface area contributed by atoms with Crippen molar-refractivity contribution < 1.29 is 9.66 Å². The van der Waals surface area contributed by atoms with Crippen molar-refractivity contribution in [2.75, 3.05) is 5.73 Å². The Kier molecular flexibility index (Phi) is 3.94. The van der Waals surface area contributed by atoms with Crippen molar-refractivity contribution in [1.29, 1.82) is 0 Å². The largest absolute Gasteiger partial charge is 0.456 e. The lowest BCUT2D eigenvalue weighted by Crippen LogP contribution is -1.95. The molecule has 2 aromatic rings. The molecule has 0 fully saturated rings. The van der Waals surface area contributed by atoms with Gasteiger partial charge in [-0.25, -0.2) is 0 Å². The first-order valence-corrected chi connectivity index (χ1v) is 6.66. The van der Waals surface area contributed by atoms with Gasteiger partial charge >= 0.3 is 0 Å². The fourth-order valence-electron chi connectivity index (χ4n) is 1.83. The smallest absolute Gasteiger partial charge is 0.273 e. The van der Waals surface area contributed by atoms with Crippen LogP contribution in [0.3, 0.4) is 0 Å². The van der Waals surface area contributed by atoms with E-state index in [1.54, 1.807) is 25.1 Å². The summed E-state index contributed by atoms with van der Waals surface area (Å²) in [6, 6.07) is 8.40. The van der Waals surface area contributed by atoms with E-state index in [9.17, 15) is 10.1 Å². The summed E-state index contributed by atoms with van der Waals surface area (Å²) in [6.07, 6.45) is 0. The molecule has 0 saturated carbocycles. The summed E-state index contributed by atoms with van der Waals surface area (Å²) in [5, 5.41) is 10.9. The van der Waals surface area contributed by atoms with Crippen LogP contribution >= 0.6 is 15.9 Å². The van der Waals surface area contributed by atoms with Crippen molar-refractivity contribution in [2.24, 2.45) is 0 Å². The van der Waals surface area contributed by atoms with Crippen LogP contribution in [0.1, 0.15) is 11.1 Å². The Bertz CT molecular complexity index is 686. The van der Waals surface area contributed by atoms with Crippen LogP contribution < -0.4 is 10.5 Å². The van der Waals surface area contributed by atoms with Crippen LogP contribution in [0.2, 0.25) is 0 Å². The van der Waals surface area contributed by atoms with Gasteiger partial charge in [-0.2, -0.15) is 0 Å². The van der Waals surface area contributed by atoms with Gasteiger partial charge in [0.25, 0.3) is 5.69 Å². The van der Waals surface area contributed by atoms with Gasteiger partial charge < -0.3 is 10.5 Å². The third-order valence-electron chi connectivity index (χ3n) is 2.87. The van der Waals surface area contributed by atoms with E-state index in [0.29, 0.717) is 27.2 Å². The Labute approximate surface area is 124 Å². The lowest BCUT2D eigenvalue weighted by atomic mass is 10.2. The molecule has 0 bridgehead atoms. The van der Waals surface area contributed by atoms with Crippen LogP contribution in [0, 0.1) is 24.0 Å². The number of anilines is 1. The molecule has 0 spiro atoms. The van der Waals surface area contributed by atoms with Crippen LogP contribution in [0.15, 0.2) is 34.8 Å². The highest BCUT2D eigenvalue weighted by Gasteiger charge is 2.15. The first-order valence-electron chi connectivity index (χ1n) is 5.87. The monoisotopic (exact) mass is 336 g/mol. The van der Waals surface area contributed by atoms with Gasteiger partial charge in [-0.1, -0.05) is 0 Å². The summed E-state index contributed by atoms with van der Waals surface area (Å²) in [5.41, 5.74) is 7.84. The van der Waals surface area contributed by atoms with Crippen LogP contribution in [0.5, 0.6) is 11.5 Å². The zero-order valence-corrected chi connectivity index (χ0v) is 12.6. The number of rotatable bonds is 3. The lowest BCUT2D eigenvalue weighted by Gasteiger charge is -2.11. The molecule has 0 saturated heterocycles. The number of nitrogen functional groups attached to an aromatic ring is 1. The maximum Gasteiger partial charge on any atom is 0.273 e. The van der Waals surface area contributed by atoms with E-state index in [-0.39, 0.29) is 5.69 Å². The first-order chi connectivity index (χ1) is 9.38. The second-order valence-corrected chi connectivity index (χ2v) is 5.31. The van der Waals surface area contributed by atoms with Gasteiger partial charge in [0.05, 0.1) is 9.40 Å². The molecule has 20 heavy (non-hydrogen) atoms. The topological polar surface area (TPSA) is 78.4 Å². The fraction of sp³-hybridized carbons (Fsp3) is 0.143. The SMILES string of the molecule is Cc1cc(N)ccc1Oc1cc(C)c([N+](=O)[O-])cc1Br. The number of benzene rings is 2. The predicted molar refractivity (Wildman–Crippen MR) is 81.2 cm³/mol. The molecule has 0 aliphatic carbocycles. The molecule has 0 amide bonds. The maximum absolute atomic E-state index is 10.9. The van der Waals surface area contributed by atoms with Gasteiger partial charge in [0, 0.05) is 17.3 Å². The van der Waals surface area contributed by atoms with Gasteiger partial charge in [0.15, 0.2) is 0 Å². The molecule has 0 aromatic heterocycles. The van der Waals surface area contributed by atoms with Crippen LogP contribution in [-0.2, 0) is 0 Å². The Morgan fingerprint density at radius 3 is 2.45 bits per heavy atom. The molecule has 0 atom stereocenters. The van der Waals surface area contributed by atoms with Gasteiger partial charge in [-0.15, -0.1) is 0 Å². The highest BCUT2D eigenvalue weighted by atomic mass is 79.9. The number of halogens is 1. The molecule has 0 unspecified atom stereocenters. The molecule has 0 radical (unpaired) electrons. The summed E-state index contributed by atoms with van der Waals surface area (Å²) < 4.78 is 6.32. The highest BCUT2D eigenvalue weighted by molar-refractivity contribution is 9.10. The van der Waals surface area contributed by atoms with Crippen molar-refractivity contribution in [3.63, 3.8) is 0 Å². The Morgan fingerprint density at radius 2 is 1.85 bits per heavy atom. The third kappa shape index (κ3) is 2.91. The lowest BCUT2D eigenvalue weighted by molar-refractivity contribution is -0.385. The summed E-state index contributed by atoms with van der Waals surface area (Å²) in [5.74, 6) is 1.19. The Hall–Kier alpha value is -2.08. The number of aryl methyl sites for hydroxylation is 2. The molecule has 0 aliphatic heterocycles. The summed E-state index contributed by atoms with van der Waals surface area (Å²) in [4.78, 5) is 10.4. The Morgan fingerprint density at radius 1 is 1.15 bits per heavy atom. The van der Waals surface area contributed by atoms with E-state index < -0.39 is 4.92 Å². The average Bonchev–Trinajstić information content (AvgIpc) is 2.36. The van der Waals surface area contributed by atoms with Crippen molar-refractivity contribution in [3.05, 3.63) is 56.0 Å². The summed E-state index contributed by atoms with van der Waals surface area (Å²) >= 11 is 3.29. The van der Waals surface area contributed by atoms with Crippen molar-refractivity contribution in [2.45, 2.75) is 13.8 Å². The summed E-state index contributed by atoms with van der Waals surface area (Å²) in [6.45, 7) is 3.56. The molecule has 2 rings (SSSR count). The summed E-state index contributed by atoms with van der Waals surface area (Å²) in [7, 11) is 0. The van der Waals surface area contributed by atoms with Crippen LogP contribution in [-0.4, -0.2) is 4.92 Å². The quantitative estimate of drug-likeness (QED) is 0.513. The van der Waals surface area contributed by atoms with E-state index in [1.165, 1.54) is 6.07 Å². The van der Waals surface area contributed by atoms with Crippen LogP contribution in [0.4, 0.5) is 11.4 Å². The number of nitro benzene ring substituents is 1. The van der Waals surface area contributed by atoms with Gasteiger partial charge in [0.1, 0.15) is 11.5 Å². The minimum absolute atomic E-state index is 0.0539. The third-order valence-corrected chi connectivity index (χ3v) is 3.49. The number of nitro groups is 1. The van der Waals surface area contributed by atoms with Crippen LogP contribution in [0.25, 0.3) is 0 Å². The second-order valence-electron chi connectivity index (χ2n) is 4.45. The minimum Gasteiger partial charge on any atom is -0.456 e. The van der Waals surface area contributed by atoms with Gasteiger partial charge in [-0.05, 0) is 59.6 Å². The molecule has 0 heterocycles. The molecule has 2 aromatic carbocycles. The van der Waals surface area contributed by atoms with E-state index in [4.69, 9.17) is 10.5 Å². The fourth-order valence-corrected chi connectivity index (χ4v) is 2.24. The zero-order chi connectivity index (χ0) is 14.9. The average molecular weight is 337 g/mol. The van der Waals surface area contributed by atoms with E-state index >= 15 is 0 Å². The number of hydrogen-bond acceptors (Lipinski definition) is 4. The predicted octanol–water partition coefficient (Wildman–Crippen LogP) is 4.35. The molecule has 5 nitrogen and oxygen atoms in total. The highest BCUT2D eigenvalue weighted by Crippen LogP contribution is 2.36. The Balaban J connectivity index is 2.39. The zero-order valence-electron chi connectivity index (χ0n) is 11.0. The van der Waals surface area contributed by atoms with Crippen molar-refractivity contribution >= 4 is 27.3 Å². The number of nitrogens with two attached hydrogens (primary N) is 1. The van der Waals surface area contributed by atoms with E-state index in [1.807, 2.05) is 13.0 Å². The molecule has 0 aliphatic rings. The number of nitrogens with zero attached hydrogens (tertiary/aromatic N) is 1.